The first-order valence-electron chi connectivity index (χ1n) is 11.7. The van der Waals surface area contributed by atoms with Gasteiger partial charge in [-0.05, 0) is 50.1 Å². The maximum Gasteiger partial charge on any atom is 0.290 e. The number of morpholine rings is 1. The van der Waals surface area contributed by atoms with Crippen molar-refractivity contribution in [2.75, 3.05) is 52.5 Å². The average Bonchev–Trinajstić information content (AvgIpc) is 3.33. The number of benzene rings is 1. The fourth-order valence-electron chi connectivity index (χ4n) is 4.95. The zero-order valence-corrected chi connectivity index (χ0v) is 19.3. The Labute approximate surface area is 195 Å². The second-order valence-corrected chi connectivity index (χ2v) is 8.67. The lowest BCUT2D eigenvalue weighted by Gasteiger charge is -2.26. The molecule has 2 saturated heterocycles. The molecule has 9 nitrogen and oxygen atoms in total. The number of ether oxygens (including phenoxy) is 2. The van der Waals surface area contributed by atoms with Crippen molar-refractivity contribution in [1.82, 2.24) is 9.80 Å². The van der Waals surface area contributed by atoms with E-state index in [1.54, 1.807) is 0 Å². The second-order valence-electron chi connectivity index (χ2n) is 8.67. The Morgan fingerprint density at radius 2 is 1.58 bits per heavy atom. The Kier molecular flexibility index (Phi) is 12.8. The lowest BCUT2D eigenvalue weighted by molar-refractivity contribution is -0.123. The zero-order chi connectivity index (χ0) is 23.9. The molecule has 3 atom stereocenters. The molecule has 4 rings (SSSR count). The predicted molar refractivity (Wildman–Crippen MR) is 123 cm³/mol. The van der Waals surface area contributed by atoms with Gasteiger partial charge in [-0.1, -0.05) is 18.2 Å². The summed E-state index contributed by atoms with van der Waals surface area (Å²) in [6, 6.07) is 8.49. The summed E-state index contributed by atoms with van der Waals surface area (Å²) in [6.07, 6.45) is 4.19. The third-order valence-corrected chi connectivity index (χ3v) is 6.40. The molecule has 3 fully saturated rings. The van der Waals surface area contributed by atoms with Crippen LogP contribution < -0.4 is 4.74 Å². The fourth-order valence-corrected chi connectivity index (χ4v) is 4.95. The third-order valence-electron chi connectivity index (χ3n) is 6.40. The Morgan fingerprint density at radius 1 is 0.970 bits per heavy atom. The van der Waals surface area contributed by atoms with Gasteiger partial charge in [0, 0.05) is 38.3 Å². The summed E-state index contributed by atoms with van der Waals surface area (Å²) in [7, 11) is 0. The van der Waals surface area contributed by atoms with E-state index in [4.69, 9.17) is 29.3 Å². The third kappa shape index (κ3) is 9.67. The van der Waals surface area contributed by atoms with Crippen molar-refractivity contribution in [3.8, 4) is 5.75 Å². The van der Waals surface area contributed by atoms with Gasteiger partial charge >= 0.3 is 0 Å². The molecular formula is C24H38N2O7. The SMILES string of the molecule is O=CO.O=CO.OC1C[C@@H]2CN(Cc3ccccc3OCCCCN3CCOCC3)C[C@@H]2C1. The molecule has 0 bridgehead atoms. The van der Waals surface area contributed by atoms with Gasteiger partial charge in [-0.25, -0.2) is 0 Å². The number of nitrogens with zero attached hydrogens (tertiary/aromatic N) is 2. The van der Waals surface area contributed by atoms with Crippen LogP contribution in [0.1, 0.15) is 31.2 Å². The zero-order valence-electron chi connectivity index (χ0n) is 19.3. The highest BCUT2D eigenvalue weighted by Gasteiger charge is 2.40. The monoisotopic (exact) mass is 466 g/mol. The van der Waals surface area contributed by atoms with Gasteiger partial charge in [0.2, 0.25) is 0 Å². The standard InChI is InChI=1S/C22H34N2O3.2CH2O2/c25-21-13-19-16-24(17-20(19)14-21)15-18-5-1-2-6-22(18)27-10-4-3-7-23-8-11-26-12-9-23;2*2-1-3/h1-2,5-6,19-21,25H,3-4,7-17H2;2*1H,(H,2,3)/t19-,20+,21?;;. The minimum Gasteiger partial charge on any atom is -0.493 e. The van der Waals surface area contributed by atoms with Crippen molar-refractivity contribution in [2.45, 2.75) is 38.3 Å². The van der Waals surface area contributed by atoms with E-state index in [1.807, 2.05) is 0 Å². The van der Waals surface area contributed by atoms with E-state index < -0.39 is 0 Å². The van der Waals surface area contributed by atoms with Crippen LogP contribution in [-0.4, -0.2) is 96.7 Å². The molecule has 2 heterocycles. The van der Waals surface area contributed by atoms with Gasteiger partial charge < -0.3 is 24.8 Å². The number of para-hydroxylation sites is 1. The van der Waals surface area contributed by atoms with Crippen LogP contribution in [0.2, 0.25) is 0 Å². The number of fused-ring (bicyclic) bond motifs is 1. The van der Waals surface area contributed by atoms with Crippen molar-refractivity contribution >= 4 is 12.9 Å². The first-order chi connectivity index (χ1) is 16.1. The highest BCUT2D eigenvalue weighted by Crippen LogP contribution is 2.38. The molecular weight excluding hydrogens is 428 g/mol. The topological polar surface area (TPSA) is 120 Å². The van der Waals surface area contributed by atoms with Crippen LogP contribution >= 0.6 is 0 Å². The number of aliphatic hydroxyl groups is 1. The van der Waals surface area contributed by atoms with Gasteiger partial charge in [0.05, 0.1) is 25.9 Å². The lowest BCUT2D eigenvalue weighted by Crippen LogP contribution is -2.36. The molecule has 186 valence electrons. The number of aliphatic hydroxyl groups excluding tert-OH is 1. The Balaban J connectivity index is 0.000000582. The molecule has 0 spiro atoms. The molecule has 33 heavy (non-hydrogen) atoms. The number of hydrogen-bond donors (Lipinski definition) is 3. The Morgan fingerprint density at radius 3 is 2.21 bits per heavy atom. The largest absolute Gasteiger partial charge is 0.493 e. The Bertz CT molecular complexity index is 665. The maximum atomic E-state index is 9.83. The van der Waals surface area contributed by atoms with Gasteiger partial charge in [-0.15, -0.1) is 0 Å². The van der Waals surface area contributed by atoms with Gasteiger partial charge in [0.1, 0.15) is 5.75 Å². The summed E-state index contributed by atoms with van der Waals surface area (Å²) in [5, 5.41) is 23.6. The summed E-state index contributed by atoms with van der Waals surface area (Å²) in [5.74, 6) is 2.42. The van der Waals surface area contributed by atoms with Crippen LogP contribution in [-0.2, 0) is 20.9 Å². The molecule has 2 aliphatic heterocycles. The first kappa shape index (κ1) is 27.0. The number of likely N-dealkylation sites (tertiary alicyclic amines) is 1. The van der Waals surface area contributed by atoms with Crippen molar-refractivity contribution in [3.63, 3.8) is 0 Å². The lowest BCUT2D eigenvalue weighted by atomic mass is 10.0. The van der Waals surface area contributed by atoms with Crippen LogP contribution in [0.4, 0.5) is 0 Å². The first-order valence-corrected chi connectivity index (χ1v) is 11.7. The van der Waals surface area contributed by atoms with Crippen molar-refractivity contribution in [2.24, 2.45) is 11.8 Å². The van der Waals surface area contributed by atoms with Crippen LogP contribution in [0.5, 0.6) is 5.75 Å². The highest BCUT2D eigenvalue weighted by atomic mass is 16.5. The van der Waals surface area contributed by atoms with E-state index in [1.165, 1.54) is 12.0 Å². The number of hydrogen-bond acceptors (Lipinski definition) is 7. The van der Waals surface area contributed by atoms with E-state index in [-0.39, 0.29) is 19.0 Å². The molecule has 3 N–H and O–H groups in total. The smallest absolute Gasteiger partial charge is 0.290 e. The second kappa shape index (κ2) is 15.6. The molecule has 0 radical (unpaired) electrons. The average molecular weight is 467 g/mol. The van der Waals surface area contributed by atoms with Gasteiger partial charge in [0.25, 0.3) is 12.9 Å². The fraction of sp³-hybridized carbons (Fsp3) is 0.667. The van der Waals surface area contributed by atoms with E-state index in [0.29, 0.717) is 11.8 Å². The van der Waals surface area contributed by atoms with Crippen LogP contribution in [0.3, 0.4) is 0 Å². The van der Waals surface area contributed by atoms with Crippen molar-refractivity contribution in [1.29, 1.82) is 0 Å². The summed E-state index contributed by atoms with van der Waals surface area (Å²) >= 11 is 0. The number of rotatable bonds is 8. The molecule has 1 unspecified atom stereocenters. The van der Waals surface area contributed by atoms with E-state index >= 15 is 0 Å². The van der Waals surface area contributed by atoms with Crippen molar-refractivity contribution in [3.05, 3.63) is 29.8 Å². The summed E-state index contributed by atoms with van der Waals surface area (Å²) in [4.78, 5) is 21.8. The number of carboxylic acid groups (broad SMARTS) is 2. The van der Waals surface area contributed by atoms with Crippen LogP contribution in [0.25, 0.3) is 0 Å². The van der Waals surface area contributed by atoms with E-state index in [9.17, 15) is 5.11 Å². The van der Waals surface area contributed by atoms with Crippen LogP contribution in [0.15, 0.2) is 24.3 Å². The quantitative estimate of drug-likeness (QED) is 0.389. The normalized spacial score (nSPS) is 24.6. The summed E-state index contributed by atoms with van der Waals surface area (Å²) in [5.41, 5.74) is 1.30. The molecule has 0 aromatic heterocycles. The molecule has 0 amide bonds. The molecule has 1 aromatic rings. The maximum absolute atomic E-state index is 9.83. The highest BCUT2D eigenvalue weighted by molar-refractivity contribution is 5.33. The van der Waals surface area contributed by atoms with Gasteiger partial charge in [-0.3, -0.25) is 19.4 Å². The molecule has 3 aliphatic rings. The number of unbranched alkanes of at least 4 members (excludes halogenated alkanes) is 1. The molecule has 1 aliphatic carbocycles. The van der Waals surface area contributed by atoms with E-state index in [0.717, 1.165) is 84.1 Å². The predicted octanol–water partition coefficient (Wildman–Crippen LogP) is 1.78. The minimum atomic E-state index is -0.250. The number of carbonyl (C=O) groups is 2. The van der Waals surface area contributed by atoms with Gasteiger partial charge in [0.15, 0.2) is 0 Å². The van der Waals surface area contributed by atoms with E-state index in [2.05, 4.69) is 34.1 Å². The van der Waals surface area contributed by atoms with Crippen molar-refractivity contribution < 1.29 is 34.4 Å². The van der Waals surface area contributed by atoms with Crippen LogP contribution in [0, 0.1) is 11.8 Å². The Hall–Kier alpha value is -2.20. The molecule has 9 heteroatoms. The van der Waals surface area contributed by atoms with Gasteiger partial charge in [-0.2, -0.15) is 0 Å². The summed E-state index contributed by atoms with van der Waals surface area (Å²) in [6.45, 7) is 8.53. The molecule has 1 saturated carbocycles. The summed E-state index contributed by atoms with van der Waals surface area (Å²) < 4.78 is 11.5. The minimum absolute atomic E-state index is 0.0600. The molecule has 1 aromatic carbocycles.